The summed E-state index contributed by atoms with van der Waals surface area (Å²) in [6.07, 6.45) is -5.60. The minimum atomic E-state index is -4.80. The number of anilines is 2. The molecule has 0 radical (unpaired) electrons. The highest BCUT2D eigenvalue weighted by atomic mass is 35.5. The zero-order valence-electron chi connectivity index (χ0n) is 28.5. The van der Waals surface area contributed by atoms with Gasteiger partial charge in [0.1, 0.15) is 23.1 Å². The largest absolute Gasteiger partial charge is 0.435 e. The molecule has 0 bridgehead atoms. The average Bonchev–Trinajstić information content (AvgIpc) is 3.72. The van der Waals surface area contributed by atoms with Gasteiger partial charge in [0.2, 0.25) is 0 Å². The van der Waals surface area contributed by atoms with Crippen LogP contribution in [0.5, 0.6) is 0 Å². The molecule has 0 spiro atoms. The molecule has 0 aliphatic rings. The molecule has 2 amide bonds. The van der Waals surface area contributed by atoms with Crippen LogP contribution in [0, 0.1) is 24.4 Å². The summed E-state index contributed by atoms with van der Waals surface area (Å²) in [6.45, 7) is 1.58. The number of carbonyl (C=O) groups excluding carboxylic acids is 2. The number of nitrogens with zero attached hydrogens (tertiary/aromatic N) is 4. The fraction of sp³-hybridized carbons (Fsp3) is 0.135. The average molecular weight is 810 g/mol. The highest BCUT2D eigenvalue weighted by molar-refractivity contribution is 6.42. The monoisotopic (exact) mass is 808 g/mol. The van der Waals surface area contributed by atoms with Crippen LogP contribution in [0.3, 0.4) is 0 Å². The van der Waals surface area contributed by atoms with Gasteiger partial charge in [-0.15, -0.1) is 0 Å². The first-order valence-corrected chi connectivity index (χ1v) is 16.4. The number of hydrogen-bond acceptors (Lipinski definition) is 4. The Morgan fingerprint density at radius 1 is 0.691 bits per heavy atom. The molecule has 0 unspecified atom stereocenters. The number of carbonyl (C=O) groups is 2. The fourth-order valence-corrected chi connectivity index (χ4v) is 5.54. The molecule has 0 aliphatic heterocycles. The third-order valence-corrected chi connectivity index (χ3v) is 8.56. The Balaban J connectivity index is 0.000000211. The Morgan fingerprint density at radius 3 is 1.73 bits per heavy atom. The van der Waals surface area contributed by atoms with Gasteiger partial charge in [-0.1, -0.05) is 41.4 Å². The highest BCUT2D eigenvalue weighted by Crippen LogP contribution is 2.36. The molecule has 6 rings (SSSR count). The normalized spacial score (nSPS) is 11.3. The van der Waals surface area contributed by atoms with Crippen molar-refractivity contribution in [1.82, 2.24) is 19.6 Å². The van der Waals surface area contributed by atoms with Crippen LogP contribution in [-0.4, -0.2) is 31.4 Å². The summed E-state index contributed by atoms with van der Waals surface area (Å²) in [7, 11) is 2.69. The van der Waals surface area contributed by atoms with Crippen molar-refractivity contribution in [3.8, 4) is 22.3 Å². The van der Waals surface area contributed by atoms with Crippen molar-refractivity contribution in [2.75, 3.05) is 10.6 Å². The van der Waals surface area contributed by atoms with Gasteiger partial charge in [0.25, 0.3) is 18.2 Å². The summed E-state index contributed by atoms with van der Waals surface area (Å²) < 4.78 is 109. The Hall–Kier alpha value is -5.74. The predicted octanol–water partition coefficient (Wildman–Crippen LogP) is 10.7. The summed E-state index contributed by atoms with van der Waals surface area (Å²) >= 11 is 11.9. The third-order valence-electron chi connectivity index (χ3n) is 7.82. The van der Waals surface area contributed by atoms with Gasteiger partial charge in [-0.3, -0.25) is 19.0 Å². The molecular formula is C37H26Cl2F8N6O2. The zero-order chi connectivity index (χ0) is 40.4. The number of alkyl halides is 5. The van der Waals surface area contributed by atoms with Gasteiger partial charge in [0, 0.05) is 49.0 Å². The molecule has 2 heterocycles. The van der Waals surface area contributed by atoms with E-state index in [0.717, 1.165) is 39.8 Å². The Bertz CT molecular complexity index is 2410. The summed E-state index contributed by atoms with van der Waals surface area (Å²) in [5.41, 5.74) is -1.02. The SMILES string of the molecule is Cc1ccc(-c2cc(F)ccc2NC(=O)c2cn(C)nc2C(F)F)cc1F.Cn1cc(C(=O)Nc2ccc(F)cc2-c2ccc(Cl)c(Cl)c2)c(C(F)(F)F)n1. The van der Waals surface area contributed by atoms with Crippen molar-refractivity contribution in [3.05, 3.63) is 141 Å². The number of amides is 2. The number of halogens is 10. The van der Waals surface area contributed by atoms with E-state index in [9.17, 15) is 44.7 Å². The van der Waals surface area contributed by atoms with Crippen molar-refractivity contribution in [2.45, 2.75) is 19.5 Å². The van der Waals surface area contributed by atoms with Gasteiger partial charge in [0.15, 0.2) is 5.69 Å². The Morgan fingerprint density at radius 2 is 1.20 bits per heavy atom. The van der Waals surface area contributed by atoms with E-state index in [1.54, 1.807) is 19.1 Å². The van der Waals surface area contributed by atoms with Crippen molar-refractivity contribution in [3.63, 3.8) is 0 Å². The second-order valence-electron chi connectivity index (χ2n) is 11.8. The standard InChI is InChI=1S/C19H15F4N3O.C18H11Cl2F4N3O/c1-10-3-4-11(7-15(10)21)13-8-12(20)5-6-16(13)24-19(27)14-9-26(2)25-17(14)18(22)23;1-27-8-12(16(26-27)18(22,23)24)17(28)25-15-5-3-10(21)7-11(15)9-2-4-13(19)14(20)6-9/h3-9,18H,1-2H3,(H,24,27);2-8H,1H3,(H,25,28). The van der Waals surface area contributed by atoms with Crippen LogP contribution in [0.2, 0.25) is 10.0 Å². The first-order valence-electron chi connectivity index (χ1n) is 15.7. The minimum Gasteiger partial charge on any atom is -0.321 e. The molecule has 2 N–H and O–H groups in total. The van der Waals surface area contributed by atoms with Crippen LogP contribution in [0.15, 0.2) is 85.2 Å². The van der Waals surface area contributed by atoms with E-state index < -0.39 is 58.8 Å². The molecule has 18 heteroatoms. The summed E-state index contributed by atoms with van der Waals surface area (Å²) in [4.78, 5) is 25.0. The number of rotatable bonds is 7. The molecule has 0 saturated heterocycles. The number of aromatic nitrogens is 4. The van der Waals surface area contributed by atoms with Crippen LogP contribution in [-0.2, 0) is 20.3 Å². The first kappa shape index (κ1) is 40.4. The van der Waals surface area contributed by atoms with Crippen molar-refractivity contribution in [1.29, 1.82) is 0 Å². The quantitative estimate of drug-likeness (QED) is 0.157. The summed E-state index contributed by atoms with van der Waals surface area (Å²) in [5.74, 6) is -3.52. The molecular weight excluding hydrogens is 783 g/mol. The second-order valence-corrected chi connectivity index (χ2v) is 12.7. The van der Waals surface area contributed by atoms with E-state index in [4.69, 9.17) is 23.2 Å². The lowest BCUT2D eigenvalue weighted by Gasteiger charge is -2.13. The number of hydrogen-bond donors (Lipinski definition) is 2. The van der Waals surface area contributed by atoms with Crippen LogP contribution >= 0.6 is 23.2 Å². The number of nitrogens with one attached hydrogen (secondary N) is 2. The Labute approximate surface area is 317 Å². The first-order chi connectivity index (χ1) is 25.8. The van der Waals surface area contributed by atoms with E-state index in [0.29, 0.717) is 16.7 Å². The van der Waals surface area contributed by atoms with Crippen molar-refractivity contribution >= 4 is 46.4 Å². The minimum absolute atomic E-state index is 0.0989. The molecule has 0 saturated carbocycles. The number of benzene rings is 4. The molecule has 6 aromatic rings. The zero-order valence-corrected chi connectivity index (χ0v) is 30.1. The maximum atomic E-state index is 13.9. The Kier molecular flexibility index (Phi) is 12.0. The maximum absolute atomic E-state index is 13.9. The summed E-state index contributed by atoms with van der Waals surface area (Å²) in [5, 5.41) is 12.2. The van der Waals surface area contributed by atoms with Crippen LogP contribution in [0.4, 0.5) is 46.5 Å². The highest BCUT2D eigenvalue weighted by Gasteiger charge is 2.39. The molecule has 0 fully saturated rings. The van der Waals surface area contributed by atoms with Gasteiger partial charge >= 0.3 is 6.18 Å². The van der Waals surface area contributed by atoms with Gasteiger partial charge in [-0.05, 0) is 78.2 Å². The van der Waals surface area contributed by atoms with E-state index in [1.165, 1.54) is 56.7 Å². The van der Waals surface area contributed by atoms with Crippen LogP contribution in [0.25, 0.3) is 22.3 Å². The van der Waals surface area contributed by atoms with Crippen LogP contribution in [0.1, 0.15) is 44.1 Å². The second kappa shape index (κ2) is 16.3. The molecule has 55 heavy (non-hydrogen) atoms. The number of aryl methyl sites for hydroxylation is 3. The summed E-state index contributed by atoms with van der Waals surface area (Å²) in [6, 6.07) is 15.8. The van der Waals surface area contributed by atoms with Crippen molar-refractivity contribution in [2.24, 2.45) is 14.1 Å². The lowest BCUT2D eigenvalue weighted by Crippen LogP contribution is -2.18. The molecule has 4 aromatic carbocycles. The molecule has 0 aliphatic carbocycles. The molecule has 286 valence electrons. The van der Waals surface area contributed by atoms with E-state index >= 15 is 0 Å². The lowest BCUT2D eigenvalue weighted by molar-refractivity contribution is -0.141. The smallest absolute Gasteiger partial charge is 0.321 e. The van der Waals surface area contributed by atoms with E-state index in [2.05, 4.69) is 20.8 Å². The lowest BCUT2D eigenvalue weighted by atomic mass is 10.0. The fourth-order valence-electron chi connectivity index (χ4n) is 5.24. The molecule has 0 atom stereocenters. The van der Waals surface area contributed by atoms with Crippen molar-refractivity contribution < 1.29 is 44.7 Å². The van der Waals surface area contributed by atoms with Crippen LogP contribution < -0.4 is 10.6 Å². The topological polar surface area (TPSA) is 93.8 Å². The van der Waals surface area contributed by atoms with Gasteiger partial charge in [0.05, 0.1) is 21.2 Å². The predicted molar refractivity (Wildman–Crippen MR) is 191 cm³/mol. The third kappa shape index (κ3) is 9.50. The van der Waals surface area contributed by atoms with Gasteiger partial charge in [-0.25, -0.2) is 22.0 Å². The molecule has 2 aromatic heterocycles. The van der Waals surface area contributed by atoms with Gasteiger partial charge < -0.3 is 10.6 Å². The van der Waals surface area contributed by atoms with E-state index in [1.807, 2.05) is 0 Å². The van der Waals surface area contributed by atoms with Gasteiger partial charge in [-0.2, -0.15) is 23.4 Å². The van der Waals surface area contributed by atoms with E-state index in [-0.39, 0.29) is 38.1 Å². The maximum Gasteiger partial charge on any atom is 0.435 e. The molecule has 8 nitrogen and oxygen atoms in total.